The number of benzene rings is 2. The lowest BCUT2D eigenvalue weighted by Gasteiger charge is -2.25. The number of methoxy groups -OCH3 is 2. The molecule has 2 aliphatic rings. The number of carbonyl (C=O) groups excluding carboxylic acids is 1. The Kier molecular flexibility index (Phi) is 8.32. The average Bonchev–Trinajstić information content (AvgIpc) is 2.81. The fraction of sp³-hybridized carbons (Fsp3) is 0.500. The molecule has 2 fully saturated rings. The van der Waals surface area contributed by atoms with Gasteiger partial charge in [-0.1, -0.05) is 24.3 Å². The van der Waals surface area contributed by atoms with Crippen LogP contribution in [0.3, 0.4) is 0 Å². The Morgan fingerprint density at radius 3 is 1.47 bits per heavy atom. The molecule has 0 heterocycles. The molecule has 30 heavy (non-hydrogen) atoms. The summed E-state index contributed by atoms with van der Waals surface area (Å²) in [5.41, 5.74) is 2.71. The second kappa shape index (κ2) is 11.2. The van der Waals surface area contributed by atoms with E-state index in [4.69, 9.17) is 9.47 Å². The van der Waals surface area contributed by atoms with Crippen molar-refractivity contribution < 1.29 is 19.4 Å². The Balaban J connectivity index is 0.000000171. The van der Waals surface area contributed by atoms with Crippen LogP contribution in [-0.4, -0.2) is 31.2 Å². The monoisotopic (exact) mass is 410 g/mol. The molecule has 0 amide bonds. The second-order valence-electron chi connectivity index (χ2n) is 8.36. The van der Waals surface area contributed by atoms with Crippen molar-refractivity contribution in [1.82, 2.24) is 0 Å². The van der Waals surface area contributed by atoms with Gasteiger partial charge in [0.2, 0.25) is 0 Å². The largest absolute Gasteiger partial charge is 0.497 e. The zero-order valence-corrected chi connectivity index (χ0v) is 18.2. The fourth-order valence-electron chi connectivity index (χ4n) is 4.43. The first-order valence-electron chi connectivity index (χ1n) is 11.1. The Morgan fingerprint density at radius 1 is 0.667 bits per heavy atom. The molecule has 2 saturated carbocycles. The lowest BCUT2D eigenvalue weighted by molar-refractivity contribution is -0.120. The zero-order valence-electron chi connectivity index (χ0n) is 18.2. The van der Waals surface area contributed by atoms with Gasteiger partial charge < -0.3 is 14.6 Å². The molecule has 0 saturated heterocycles. The highest BCUT2D eigenvalue weighted by Crippen LogP contribution is 2.33. The summed E-state index contributed by atoms with van der Waals surface area (Å²) in [5.74, 6) is 3.41. The van der Waals surface area contributed by atoms with Gasteiger partial charge in [-0.25, -0.2) is 0 Å². The molecule has 162 valence electrons. The van der Waals surface area contributed by atoms with E-state index in [0.717, 1.165) is 62.9 Å². The number of ether oxygens (including phenoxy) is 2. The lowest BCUT2D eigenvalue weighted by Crippen LogP contribution is -2.16. The van der Waals surface area contributed by atoms with Gasteiger partial charge in [-0.05, 0) is 85.8 Å². The van der Waals surface area contributed by atoms with Gasteiger partial charge in [-0.2, -0.15) is 0 Å². The van der Waals surface area contributed by atoms with Crippen LogP contribution in [0.4, 0.5) is 0 Å². The van der Waals surface area contributed by atoms with Crippen molar-refractivity contribution in [1.29, 1.82) is 0 Å². The summed E-state index contributed by atoms with van der Waals surface area (Å²) in [5, 5.41) is 9.44. The molecule has 0 bridgehead atoms. The van der Waals surface area contributed by atoms with Crippen LogP contribution in [0.15, 0.2) is 48.5 Å². The predicted molar refractivity (Wildman–Crippen MR) is 119 cm³/mol. The molecule has 0 unspecified atom stereocenters. The molecule has 2 aliphatic carbocycles. The van der Waals surface area contributed by atoms with E-state index < -0.39 is 0 Å². The molecule has 2 aromatic rings. The van der Waals surface area contributed by atoms with Gasteiger partial charge in [-0.15, -0.1) is 0 Å². The summed E-state index contributed by atoms with van der Waals surface area (Å²) in [4.78, 5) is 11.1. The molecule has 0 atom stereocenters. The number of hydrogen-bond acceptors (Lipinski definition) is 4. The van der Waals surface area contributed by atoms with Crippen LogP contribution in [0.5, 0.6) is 11.5 Å². The Hall–Kier alpha value is -2.33. The summed E-state index contributed by atoms with van der Waals surface area (Å²) in [6, 6.07) is 16.5. The molecule has 4 nitrogen and oxygen atoms in total. The van der Waals surface area contributed by atoms with Crippen LogP contribution in [-0.2, 0) is 4.79 Å². The molecule has 1 N–H and O–H groups in total. The minimum Gasteiger partial charge on any atom is -0.497 e. The smallest absolute Gasteiger partial charge is 0.132 e. The maximum Gasteiger partial charge on any atom is 0.132 e. The molecule has 4 heteroatoms. The number of aliphatic hydroxyl groups excluding tert-OH is 1. The van der Waals surface area contributed by atoms with Gasteiger partial charge in [0, 0.05) is 12.8 Å². The Labute approximate surface area is 180 Å². The highest BCUT2D eigenvalue weighted by Gasteiger charge is 2.21. The van der Waals surface area contributed by atoms with Gasteiger partial charge in [0.25, 0.3) is 0 Å². The molecule has 4 rings (SSSR count). The van der Waals surface area contributed by atoms with Crippen molar-refractivity contribution in [3.05, 3.63) is 59.7 Å². The van der Waals surface area contributed by atoms with Crippen LogP contribution in [0, 0.1) is 0 Å². The zero-order chi connectivity index (χ0) is 21.3. The molecule has 2 aromatic carbocycles. The van der Waals surface area contributed by atoms with Crippen molar-refractivity contribution in [2.75, 3.05) is 14.2 Å². The quantitative estimate of drug-likeness (QED) is 0.709. The molecule has 0 radical (unpaired) electrons. The van der Waals surface area contributed by atoms with Crippen molar-refractivity contribution >= 4 is 5.78 Å². The highest BCUT2D eigenvalue weighted by molar-refractivity contribution is 5.79. The number of aliphatic hydroxyl groups is 1. The number of hydrogen-bond donors (Lipinski definition) is 1. The lowest BCUT2D eigenvalue weighted by atomic mass is 9.83. The Morgan fingerprint density at radius 2 is 1.07 bits per heavy atom. The normalized spacial score (nSPS) is 22.0. The fourth-order valence-corrected chi connectivity index (χ4v) is 4.43. The summed E-state index contributed by atoms with van der Waals surface area (Å²) in [6.07, 6.45) is 7.53. The molecular weight excluding hydrogens is 376 g/mol. The number of carbonyl (C=O) groups is 1. The van der Waals surface area contributed by atoms with Crippen molar-refractivity contribution in [2.24, 2.45) is 0 Å². The summed E-state index contributed by atoms with van der Waals surface area (Å²) < 4.78 is 10.3. The molecule has 0 aromatic heterocycles. The molecule has 0 spiro atoms. The summed E-state index contributed by atoms with van der Waals surface area (Å²) >= 11 is 0. The standard InChI is InChI=1S/C13H18O2.C13H16O2/c2*1-15-13-8-4-11(5-9-13)10-2-6-12(14)7-3-10/h4-5,8-10,12,14H,2-3,6-7H2,1H3;4-5,8-10H,2-3,6-7H2,1H3. The first-order valence-corrected chi connectivity index (χ1v) is 11.1. The first-order chi connectivity index (χ1) is 14.6. The number of Topliss-reactive ketones (excluding diaryl/α,β-unsaturated/α-hetero) is 1. The van der Waals surface area contributed by atoms with Gasteiger partial charge >= 0.3 is 0 Å². The maximum absolute atomic E-state index is 11.1. The number of ketones is 1. The van der Waals surface area contributed by atoms with E-state index in [1.807, 2.05) is 24.3 Å². The summed E-state index contributed by atoms with van der Waals surface area (Å²) in [6.45, 7) is 0. The molecule has 0 aliphatic heterocycles. The highest BCUT2D eigenvalue weighted by atomic mass is 16.5. The molecular formula is C26H34O4. The predicted octanol–water partition coefficient (Wildman–Crippen LogP) is 5.64. The minimum atomic E-state index is -0.0699. The second-order valence-corrected chi connectivity index (χ2v) is 8.36. The van der Waals surface area contributed by atoms with Crippen molar-refractivity contribution in [3.8, 4) is 11.5 Å². The van der Waals surface area contributed by atoms with Gasteiger partial charge in [-0.3, -0.25) is 4.79 Å². The van der Waals surface area contributed by atoms with Crippen LogP contribution < -0.4 is 9.47 Å². The Bertz CT molecular complexity index is 764. The third-order valence-electron chi connectivity index (χ3n) is 6.41. The maximum atomic E-state index is 11.1. The van der Waals surface area contributed by atoms with E-state index >= 15 is 0 Å². The number of rotatable bonds is 4. The third-order valence-corrected chi connectivity index (χ3v) is 6.41. The van der Waals surface area contributed by atoms with Gasteiger partial charge in [0.15, 0.2) is 0 Å². The van der Waals surface area contributed by atoms with E-state index in [0.29, 0.717) is 17.6 Å². The third kappa shape index (κ3) is 6.33. The van der Waals surface area contributed by atoms with E-state index in [1.165, 1.54) is 11.1 Å². The van der Waals surface area contributed by atoms with Crippen LogP contribution in [0.2, 0.25) is 0 Å². The topological polar surface area (TPSA) is 55.8 Å². The van der Waals surface area contributed by atoms with Crippen LogP contribution in [0.1, 0.15) is 74.3 Å². The van der Waals surface area contributed by atoms with Crippen LogP contribution >= 0.6 is 0 Å². The van der Waals surface area contributed by atoms with Gasteiger partial charge in [0.05, 0.1) is 20.3 Å². The minimum absolute atomic E-state index is 0.0699. The van der Waals surface area contributed by atoms with E-state index in [2.05, 4.69) is 24.3 Å². The summed E-state index contributed by atoms with van der Waals surface area (Å²) in [7, 11) is 3.36. The SMILES string of the molecule is COc1ccc(C2CCC(=O)CC2)cc1.COc1ccc(C2CCC(O)CC2)cc1. The van der Waals surface area contributed by atoms with Crippen LogP contribution in [0.25, 0.3) is 0 Å². The van der Waals surface area contributed by atoms with Crippen molar-refractivity contribution in [3.63, 3.8) is 0 Å². The van der Waals surface area contributed by atoms with E-state index in [-0.39, 0.29) is 6.10 Å². The van der Waals surface area contributed by atoms with E-state index in [9.17, 15) is 9.90 Å². The van der Waals surface area contributed by atoms with Crippen molar-refractivity contribution in [2.45, 2.75) is 69.3 Å². The first kappa shape index (κ1) is 22.4. The van der Waals surface area contributed by atoms with E-state index in [1.54, 1.807) is 14.2 Å². The average molecular weight is 411 g/mol. The van der Waals surface area contributed by atoms with Gasteiger partial charge in [0.1, 0.15) is 17.3 Å².